The summed E-state index contributed by atoms with van der Waals surface area (Å²) >= 11 is 0. The van der Waals surface area contributed by atoms with E-state index in [0.29, 0.717) is 0 Å². The summed E-state index contributed by atoms with van der Waals surface area (Å²) in [4.78, 5) is 0. The Kier molecular flexibility index (Phi) is 5.85. The van der Waals surface area contributed by atoms with E-state index in [1.54, 1.807) is 0 Å². The monoisotopic (exact) mass is 394 g/mol. The number of ether oxygens (including phenoxy) is 2. The molecule has 0 radical (unpaired) electrons. The minimum Gasteiger partial charge on any atom is -0.457 e. The molecule has 2 heteroatoms. The molecule has 0 spiro atoms. The Morgan fingerprint density at radius 1 is 0.433 bits per heavy atom. The molecule has 4 rings (SSSR count). The van der Waals surface area contributed by atoms with E-state index in [1.165, 1.54) is 22.3 Å². The topological polar surface area (TPSA) is 18.5 Å². The van der Waals surface area contributed by atoms with Crippen molar-refractivity contribution < 1.29 is 9.47 Å². The van der Waals surface area contributed by atoms with Gasteiger partial charge in [0.15, 0.2) is 0 Å². The molecule has 4 aromatic rings. The molecule has 0 unspecified atom stereocenters. The maximum absolute atomic E-state index is 5.94. The third-order valence-corrected chi connectivity index (χ3v) is 5.27. The molecule has 30 heavy (non-hydrogen) atoms. The van der Waals surface area contributed by atoms with Crippen molar-refractivity contribution in [2.75, 3.05) is 0 Å². The molecule has 0 aliphatic heterocycles. The van der Waals surface area contributed by atoms with Gasteiger partial charge in [0.2, 0.25) is 0 Å². The van der Waals surface area contributed by atoms with Crippen molar-refractivity contribution in [3.05, 3.63) is 119 Å². The quantitative estimate of drug-likeness (QED) is 0.329. The summed E-state index contributed by atoms with van der Waals surface area (Å²) < 4.78 is 11.9. The van der Waals surface area contributed by atoms with Gasteiger partial charge >= 0.3 is 0 Å². The number of rotatable bonds is 6. The Morgan fingerprint density at radius 2 is 0.700 bits per heavy atom. The van der Waals surface area contributed by atoms with Gasteiger partial charge in [0.05, 0.1) is 0 Å². The summed E-state index contributed by atoms with van der Waals surface area (Å²) in [5, 5.41) is 0. The van der Waals surface area contributed by atoms with E-state index in [-0.39, 0.29) is 5.92 Å². The Hall–Kier alpha value is -3.52. The van der Waals surface area contributed by atoms with E-state index in [4.69, 9.17) is 9.47 Å². The number of aryl methyl sites for hydroxylation is 2. The van der Waals surface area contributed by atoms with Gasteiger partial charge < -0.3 is 9.47 Å². The molecular formula is C28H26O2. The molecule has 0 atom stereocenters. The first-order chi connectivity index (χ1) is 14.6. The maximum Gasteiger partial charge on any atom is 0.127 e. The van der Waals surface area contributed by atoms with Gasteiger partial charge in [-0.05, 0) is 73.5 Å². The number of hydrogen-bond acceptors (Lipinski definition) is 2. The first-order valence-electron chi connectivity index (χ1n) is 10.3. The Morgan fingerprint density at radius 3 is 1.00 bits per heavy atom. The highest BCUT2D eigenvalue weighted by Gasteiger charge is 2.09. The van der Waals surface area contributed by atoms with E-state index in [9.17, 15) is 0 Å². The number of benzene rings is 4. The molecule has 2 nitrogen and oxygen atoms in total. The van der Waals surface area contributed by atoms with Crippen LogP contribution in [0.25, 0.3) is 0 Å². The van der Waals surface area contributed by atoms with Gasteiger partial charge in [-0.2, -0.15) is 0 Å². The van der Waals surface area contributed by atoms with Crippen molar-refractivity contribution in [3.63, 3.8) is 0 Å². The molecule has 0 fully saturated rings. The minimum absolute atomic E-state index is 0.284. The summed E-state index contributed by atoms with van der Waals surface area (Å²) in [5.74, 6) is 3.68. The fraction of sp³-hybridized carbons (Fsp3) is 0.143. The predicted molar refractivity (Wildman–Crippen MR) is 123 cm³/mol. The minimum atomic E-state index is 0.284. The first-order valence-corrected chi connectivity index (χ1v) is 10.3. The van der Waals surface area contributed by atoms with Gasteiger partial charge in [0.1, 0.15) is 23.0 Å². The lowest BCUT2D eigenvalue weighted by molar-refractivity contribution is 0.482. The predicted octanol–water partition coefficient (Wildman–Crippen LogP) is 8.04. The average Bonchev–Trinajstić information content (AvgIpc) is 2.77. The SMILES string of the molecule is Cc1ccc(Oc2ccc(C(C)c3ccc(Oc4ccc(C)cc4)cc3)cc2)cc1. The van der Waals surface area contributed by atoms with Gasteiger partial charge in [0, 0.05) is 5.92 Å². The highest BCUT2D eigenvalue weighted by atomic mass is 16.5. The second-order valence-corrected chi connectivity index (χ2v) is 7.69. The molecule has 0 amide bonds. The molecule has 0 aliphatic carbocycles. The molecule has 0 saturated carbocycles. The van der Waals surface area contributed by atoms with Crippen molar-refractivity contribution in [3.8, 4) is 23.0 Å². The van der Waals surface area contributed by atoms with E-state index in [0.717, 1.165) is 23.0 Å². The molecule has 0 N–H and O–H groups in total. The van der Waals surface area contributed by atoms with E-state index in [1.807, 2.05) is 48.5 Å². The van der Waals surface area contributed by atoms with Crippen molar-refractivity contribution in [1.29, 1.82) is 0 Å². The Bertz CT molecular complexity index is 986. The summed E-state index contributed by atoms with van der Waals surface area (Å²) in [6, 6.07) is 32.8. The van der Waals surface area contributed by atoms with Gasteiger partial charge in [-0.1, -0.05) is 66.6 Å². The summed E-state index contributed by atoms with van der Waals surface area (Å²) in [5.41, 5.74) is 4.94. The molecule has 0 aliphatic rings. The molecule has 0 bridgehead atoms. The summed E-state index contributed by atoms with van der Waals surface area (Å²) in [7, 11) is 0. The zero-order valence-electron chi connectivity index (χ0n) is 17.6. The number of hydrogen-bond donors (Lipinski definition) is 0. The first kappa shape index (κ1) is 19.8. The highest BCUT2D eigenvalue weighted by Crippen LogP contribution is 2.30. The lowest BCUT2D eigenvalue weighted by atomic mass is 9.93. The standard InChI is InChI=1S/C28H26O2/c1-20-4-12-25(13-5-20)29-27-16-8-23(9-17-27)22(3)24-10-18-28(19-11-24)30-26-14-6-21(2)7-15-26/h4-19,22H,1-3H3. The van der Waals surface area contributed by atoms with Crippen LogP contribution >= 0.6 is 0 Å². The van der Waals surface area contributed by atoms with Gasteiger partial charge in [-0.15, -0.1) is 0 Å². The average molecular weight is 395 g/mol. The molecule has 0 aromatic heterocycles. The Balaban J connectivity index is 1.41. The molecule has 0 heterocycles. The third kappa shape index (κ3) is 4.90. The lowest BCUT2D eigenvalue weighted by Crippen LogP contribution is -1.96. The van der Waals surface area contributed by atoms with E-state index >= 15 is 0 Å². The van der Waals surface area contributed by atoms with E-state index in [2.05, 4.69) is 69.3 Å². The van der Waals surface area contributed by atoms with Crippen molar-refractivity contribution in [2.24, 2.45) is 0 Å². The largest absolute Gasteiger partial charge is 0.457 e. The summed E-state index contributed by atoms with van der Waals surface area (Å²) in [6.07, 6.45) is 0. The summed E-state index contributed by atoms with van der Waals surface area (Å²) in [6.45, 7) is 6.36. The molecule has 4 aromatic carbocycles. The van der Waals surface area contributed by atoms with Crippen LogP contribution in [0.5, 0.6) is 23.0 Å². The van der Waals surface area contributed by atoms with Crippen LogP contribution in [0, 0.1) is 13.8 Å². The highest BCUT2D eigenvalue weighted by molar-refractivity contribution is 5.40. The third-order valence-electron chi connectivity index (χ3n) is 5.27. The van der Waals surface area contributed by atoms with Gasteiger partial charge in [-0.25, -0.2) is 0 Å². The van der Waals surface area contributed by atoms with Crippen molar-refractivity contribution in [2.45, 2.75) is 26.7 Å². The molecular weight excluding hydrogens is 368 g/mol. The van der Waals surface area contributed by atoms with Crippen molar-refractivity contribution >= 4 is 0 Å². The van der Waals surface area contributed by atoms with Crippen LogP contribution in [0.15, 0.2) is 97.1 Å². The van der Waals surface area contributed by atoms with Crippen LogP contribution in [0.3, 0.4) is 0 Å². The second kappa shape index (κ2) is 8.87. The molecule has 150 valence electrons. The normalized spacial score (nSPS) is 10.8. The fourth-order valence-corrected chi connectivity index (χ4v) is 3.33. The van der Waals surface area contributed by atoms with Crippen LogP contribution in [-0.2, 0) is 0 Å². The zero-order chi connectivity index (χ0) is 20.9. The van der Waals surface area contributed by atoms with Crippen LogP contribution in [0.2, 0.25) is 0 Å². The van der Waals surface area contributed by atoms with Crippen LogP contribution in [0.1, 0.15) is 35.1 Å². The van der Waals surface area contributed by atoms with Crippen LogP contribution < -0.4 is 9.47 Å². The van der Waals surface area contributed by atoms with Crippen LogP contribution in [-0.4, -0.2) is 0 Å². The smallest absolute Gasteiger partial charge is 0.127 e. The Labute approximate surface area is 178 Å². The van der Waals surface area contributed by atoms with Gasteiger partial charge in [-0.3, -0.25) is 0 Å². The van der Waals surface area contributed by atoms with E-state index < -0.39 is 0 Å². The van der Waals surface area contributed by atoms with Crippen LogP contribution in [0.4, 0.5) is 0 Å². The fourth-order valence-electron chi connectivity index (χ4n) is 3.33. The van der Waals surface area contributed by atoms with Crippen molar-refractivity contribution in [1.82, 2.24) is 0 Å². The molecule has 0 saturated heterocycles. The zero-order valence-corrected chi connectivity index (χ0v) is 17.6. The second-order valence-electron chi connectivity index (χ2n) is 7.69. The lowest BCUT2D eigenvalue weighted by Gasteiger charge is -2.14. The maximum atomic E-state index is 5.94. The van der Waals surface area contributed by atoms with Gasteiger partial charge in [0.25, 0.3) is 0 Å².